The Kier molecular flexibility index (Phi) is 4.16. The van der Waals surface area contributed by atoms with E-state index in [9.17, 15) is 9.65 Å². The summed E-state index contributed by atoms with van der Waals surface area (Å²) in [5, 5.41) is 9.36. The number of hydrogen-bond acceptors (Lipinski definition) is 2. The number of pyridine rings is 1. The Morgan fingerprint density at radius 1 is 1.26 bits per heavy atom. The number of hydrogen-bond donors (Lipinski definition) is 0. The zero-order valence-corrected chi connectivity index (χ0v) is 11.1. The highest BCUT2D eigenvalue weighted by atomic mass is 35.5. The van der Waals surface area contributed by atoms with Gasteiger partial charge in [0, 0.05) is 18.0 Å². The topological polar surface area (TPSA) is 36.7 Å². The van der Waals surface area contributed by atoms with E-state index in [0.29, 0.717) is 11.1 Å². The molecular formula is C14H7Cl2FN2. The summed E-state index contributed by atoms with van der Waals surface area (Å²) in [6.07, 6.45) is 3.11. The molecule has 0 saturated carbocycles. The lowest BCUT2D eigenvalue weighted by Crippen LogP contribution is -1.88. The third-order valence-corrected chi connectivity index (χ3v) is 3.17. The van der Waals surface area contributed by atoms with E-state index in [0.717, 1.165) is 0 Å². The molecule has 0 aliphatic heterocycles. The van der Waals surface area contributed by atoms with Crippen LogP contribution >= 0.6 is 23.2 Å². The molecule has 0 bridgehead atoms. The Morgan fingerprint density at radius 3 is 2.63 bits per heavy atom. The largest absolute Gasteiger partial charge is 0.264 e. The predicted molar refractivity (Wildman–Crippen MR) is 73.9 cm³/mol. The number of halogens is 3. The summed E-state index contributed by atoms with van der Waals surface area (Å²) in [5.41, 5.74) is 1.20. The molecule has 2 aromatic rings. The van der Waals surface area contributed by atoms with Crippen LogP contribution in [-0.4, -0.2) is 4.98 Å². The maximum Gasteiger partial charge on any atom is 0.142 e. The zero-order valence-electron chi connectivity index (χ0n) is 9.57. The molecule has 19 heavy (non-hydrogen) atoms. The van der Waals surface area contributed by atoms with Crippen LogP contribution in [0, 0.1) is 17.1 Å². The summed E-state index contributed by atoms with van der Waals surface area (Å²) in [7, 11) is 0. The molecule has 2 nitrogen and oxygen atoms in total. The van der Waals surface area contributed by atoms with Gasteiger partial charge in [-0.2, -0.15) is 5.26 Å². The van der Waals surface area contributed by atoms with Gasteiger partial charge in [-0.15, -0.1) is 0 Å². The van der Waals surface area contributed by atoms with E-state index < -0.39 is 5.82 Å². The van der Waals surface area contributed by atoms with Gasteiger partial charge in [0.05, 0.1) is 15.6 Å². The van der Waals surface area contributed by atoms with Crippen molar-refractivity contribution in [3.8, 4) is 6.07 Å². The van der Waals surface area contributed by atoms with Crippen LogP contribution < -0.4 is 0 Å². The number of rotatable bonds is 2. The summed E-state index contributed by atoms with van der Waals surface area (Å²) in [6.45, 7) is 0. The number of aromatic nitrogens is 1. The van der Waals surface area contributed by atoms with Crippen LogP contribution in [0.15, 0.2) is 42.7 Å². The number of nitrogens with zero attached hydrogens (tertiary/aromatic N) is 2. The average Bonchev–Trinajstić information content (AvgIpc) is 2.44. The molecule has 0 amide bonds. The molecule has 1 heterocycles. The van der Waals surface area contributed by atoms with E-state index in [-0.39, 0.29) is 15.6 Å². The van der Waals surface area contributed by atoms with Gasteiger partial charge in [-0.3, -0.25) is 4.98 Å². The molecule has 0 aliphatic carbocycles. The highest BCUT2D eigenvalue weighted by Crippen LogP contribution is 2.30. The molecule has 1 aromatic heterocycles. The Labute approximate surface area is 119 Å². The van der Waals surface area contributed by atoms with Gasteiger partial charge in [0.2, 0.25) is 0 Å². The first kappa shape index (κ1) is 13.5. The normalized spacial score (nSPS) is 11.7. The van der Waals surface area contributed by atoms with E-state index in [1.807, 2.05) is 6.07 Å². The van der Waals surface area contributed by atoms with E-state index in [4.69, 9.17) is 23.2 Å². The smallest absolute Gasteiger partial charge is 0.142 e. The number of nitriles is 1. The minimum Gasteiger partial charge on any atom is -0.264 e. The molecule has 0 N–H and O–H groups in total. The van der Waals surface area contributed by atoms with Crippen molar-refractivity contribution in [3.05, 3.63) is 64.7 Å². The van der Waals surface area contributed by atoms with Crippen molar-refractivity contribution in [2.45, 2.75) is 0 Å². The molecule has 2 rings (SSSR count). The van der Waals surface area contributed by atoms with Crippen molar-refractivity contribution in [3.63, 3.8) is 0 Å². The first-order chi connectivity index (χ1) is 9.13. The van der Waals surface area contributed by atoms with Crippen LogP contribution in [0.1, 0.15) is 11.1 Å². The SMILES string of the molecule is N#C/C(=C(\Cl)c1ccc(Cl)c(F)c1)c1cccnc1. The monoisotopic (exact) mass is 292 g/mol. The lowest BCUT2D eigenvalue weighted by molar-refractivity contribution is 0.628. The Bertz CT molecular complexity index is 676. The van der Waals surface area contributed by atoms with Crippen molar-refractivity contribution in [1.29, 1.82) is 5.26 Å². The second kappa shape index (κ2) is 5.83. The summed E-state index contributed by atoms with van der Waals surface area (Å²) in [6, 6.07) is 9.55. The minimum absolute atomic E-state index is 0.00750. The van der Waals surface area contributed by atoms with Crippen LogP contribution in [0.2, 0.25) is 5.02 Å². The first-order valence-corrected chi connectivity index (χ1v) is 6.04. The quantitative estimate of drug-likeness (QED) is 0.764. The Hall–Kier alpha value is -1.89. The van der Waals surface area contributed by atoms with Gasteiger partial charge < -0.3 is 0 Å². The summed E-state index contributed by atoms with van der Waals surface area (Å²) in [5.74, 6) is -0.583. The molecule has 0 fully saturated rings. The Morgan fingerprint density at radius 2 is 2.05 bits per heavy atom. The molecule has 5 heteroatoms. The molecule has 0 atom stereocenters. The fourth-order valence-electron chi connectivity index (χ4n) is 1.53. The van der Waals surface area contributed by atoms with Crippen molar-refractivity contribution >= 4 is 33.8 Å². The summed E-state index contributed by atoms with van der Waals surface area (Å²) < 4.78 is 13.4. The number of benzene rings is 1. The van der Waals surface area contributed by atoms with Gasteiger partial charge in [0.1, 0.15) is 11.9 Å². The van der Waals surface area contributed by atoms with Crippen LogP contribution in [0.25, 0.3) is 10.6 Å². The van der Waals surface area contributed by atoms with Gasteiger partial charge in [0.25, 0.3) is 0 Å². The molecule has 1 aromatic carbocycles. The van der Waals surface area contributed by atoms with E-state index in [1.54, 1.807) is 24.4 Å². The van der Waals surface area contributed by atoms with Crippen molar-refractivity contribution in [2.24, 2.45) is 0 Å². The second-order valence-corrected chi connectivity index (χ2v) is 4.46. The van der Waals surface area contributed by atoms with Crippen LogP contribution in [-0.2, 0) is 0 Å². The molecule has 0 unspecified atom stereocenters. The van der Waals surface area contributed by atoms with Gasteiger partial charge in [-0.25, -0.2) is 4.39 Å². The molecular weight excluding hydrogens is 286 g/mol. The van der Waals surface area contributed by atoms with E-state index >= 15 is 0 Å². The predicted octanol–water partition coefficient (Wildman–Crippen LogP) is 4.50. The maximum absolute atomic E-state index is 13.4. The standard InChI is InChI=1S/C14H7Cl2FN2/c15-12-4-3-9(6-13(12)17)14(16)11(7-18)10-2-1-5-19-8-10/h1-6,8H/b14-11+. The van der Waals surface area contributed by atoms with Gasteiger partial charge in [-0.1, -0.05) is 35.3 Å². The lowest BCUT2D eigenvalue weighted by Gasteiger charge is -2.05. The molecule has 94 valence electrons. The number of allylic oxidation sites excluding steroid dienone is 1. The lowest BCUT2D eigenvalue weighted by atomic mass is 10.1. The average molecular weight is 293 g/mol. The molecule has 0 radical (unpaired) electrons. The highest BCUT2D eigenvalue weighted by Gasteiger charge is 2.11. The van der Waals surface area contributed by atoms with Crippen LogP contribution in [0.5, 0.6) is 0 Å². The molecule has 0 saturated heterocycles. The van der Waals surface area contributed by atoms with Crippen molar-refractivity contribution in [2.75, 3.05) is 0 Å². The van der Waals surface area contributed by atoms with E-state index in [2.05, 4.69) is 4.98 Å². The van der Waals surface area contributed by atoms with Crippen molar-refractivity contribution in [1.82, 2.24) is 4.98 Å². The molecule has 0 spiro atoms. The van der Waals surface area contributed by atoms with Crippen LogP contribution in [0.3, 0.4) is 0 Å². The van der Waals surface area contributed by atoms with Gasteiger partial charge >= 0.3 is 0 Å². The highest BCUT2D eigenvalue weighted by molar-refractivity contribution is 6.53. The van der Waals surface area contributed by atoms with Gasteiger partial charge in [0.15, 0.2) is 0 Å². The zero-order chi connectivity index (χ0) is 13.8. The Balaban J connectivity index is 2.56. The third-order valence-electron chi connectivity index (χ3n) is 2.45. The van der Waals surface area contributed by atoms with Gasteiger partial charge in [-0.05, 0) is 23.8 Å². The minimum atomic E-state index is -0.583. The fraction of sp³-hybridized carbons (Fsp3) is 0. The summed E-state index contributed by atoms with van der Waals surface area (Å²) >= 11 is 11.8. The fourth-order valence-corrected chi connectivity index (χ4v) is 1.91. The second-order valence-electron chi connectivity index (χ2n) is 3.67. The van der Waals surface area contributed by atoms with Crippen LogP contribution in [0.4, 0.5) is 4.39 Å². The third kappa shape index (κ3) is 2.93. The maximum atomic E-state index is 13.4. The summed E-state index contributed by atoms with van der Waals surface area (Å²) in [4.78, 5) is 3.92. The first-order valence-electron chi connectivity index (χ1n) is 5.29. The molecule has 0 aliphatic rings. The van der Waals surface area contributed by atoms with Crippen molar-refractivity contribution < 1.29 is 4.39 Å². The van der Waals surface area contributed by atoms with E-state index in [1.165, 1.54) is 18.3 Å².